The third kappa shape index (κ3) is 9.53. The molecule has 0 bridgehead atoms. The van der Waals surface area contributed by atoms with Gasteiger partial charge in [-0.1, -0.05) is 232 Å². The second kappa shape index (κ2) is 21.5. The summed E-state index contributed by atoms with van der Waals surface area (Å²) in [6, 6.07) is 90.4. The number of ether oxygens (including phenoxy) is 1. The molecular formula is C79H69N4OPtSi-3. The average Bonchev–Trinajstić information content (AvgIpc) is 1.54. The van der Waals surface area contributed by atoms with E-state index in [0.29, 0.717) is 11.5 Å². The van der Waals surface area contributed by atoms with E-state index in [0.717, 1.165) is 61.7 Å². The van der Waals surface area contributed by atoms with Gasteiger partial charge in [-0.15, -0.1) is 48.1 Å². The van der Waals surface area contributed by atoms with Gasteiger partial charge in [0.15, 0.2) is 8.07 Å². The number of hydrogen-bond donors (Lipinski definition) is 0. The minimum Gasteiger partial charge on any atom is -0.509 e. The predicted molar refractivity (Wildman–Crippen MR) is 359 cm³/mol. The number of fused-ring (bicyclic) bond motifs is 8. The minimum absolute atomic E-state index is 0. The van der Waals surface area contributed by atoms with Crippen LogP contribution < -0.4 is 35.3 Å². The molecule has 7 heteroatoms. The van der Waals surface area contributed by atoms with Gasteiger partial charge in [-0.3, -0.25) is 0 Å². The number of aryl methyl sites for hydroxylation is 1. The summed E-state index contributed by atoms with van der Waals surface area (Å²) in [4.78, 5) is 9.79. The van der Waals surface area contributed by atoms with Crippen molar-refractivity contribution in [3.63, 3.8) is 0 Å². The summed E-state index contributed by atoms with van der Waals surface area (Å²) >= 11 is 0. The summed E-state index contributed by atoms with van der Waals surface area (Å²) < 4.78 is 9.32. The fraction of sp³-hybridized carbons (Fsp3) is 0.165. The fourth-order valence-electron chi connectivity index (χ4n) is 13.2. The molecule has 4 heterocycles. The standard InChI is InChI=1S/C79H69N4OSi.Pt/c1-52-36-39-67-70(44-52)81(51-82(67)76-63(53-24-14-11-15-25-53)33-23-34-64(76)54-45-56(78(5,6)7)47-57(46-54)79(8,9)10)58-26-22-27-59(49-58)84-60-37-38-65-69(50-60)83(73-48-55(42-43-80-73)77(2,3)4)68-40-41-72-75(74(65)68)66-32-20-21-35-71(66)85(72,61-28-16-12-17-29-61)62-30-18-13-19-31-62;/h11-48,51H,1-10H3;/q-3;. The summed E-state index contributed by atoms with van der Waals surface area (Å²) in [7, 11) is -2.79. The zero-order valence-electron chi connectivity index (χ0n) is 50.5. The molecule has 5 nitrogen and oxygen atoms in total. The molecule has 2 aliphatic heterocycles. The molecule has 2 aliphatic rings. The number of aromatic nitrogens is 2. The van der Waals surface area contributed by atoms with Crippen LogP contribution in [0.15, 0.2) is 231 Å². The fourth-order valence-corrected chi connectivity index (χ4v) is 18.4. The minimum atomic E-state index is -2.79. The number of para-hydroxylation sites is 1. The molecule has 0 unspecified atom stereocenters. The van der Waals surface area contributed by atoms with Crippen molar-refractivity contribution in [1.29, 1.82) is 0 Å². The molecule has 10 aromatic carbocycles. The summed E-state index contributed by atoms with van der Waals surface area (Å²) in [5, 5.41) is 7.81. The van der Waals surface area contributed by atoms with Crippen molar-refractivity contribution in [3.8, 4) is 50.7 Å². The molecule has 86 heavy (non-hydrogen) atoms. The Morgan fingerprint density at radius 2 is 1.08 bits per heavy atom. The van der Waals surface area contributed by atoms with Gasteiger partial charge in [0.2, 0.25) is 0 Å². The molecular weight excluding hydrogens is 1240 g/mol. The van der Waals surface area contributed by atoms with Gasteiger partial charge in [-0.05, 0) is 124 Å². The second-order valence-corrected chi connectivity index (χ2v) is 29.9. The molecule has 0 amide bonds. The van der Waals surface area contributed by atoms with Gasteiger partial charge >= 0.3 is 0 Å². The summed E-state index contributed by atoms with van der Waals surface area (Å²) in [5.41, 5.74) is 18.1. The Labute approximate surface area is 522 Å². The Morgan fingerprint density at radius 3 is 1.76 bits per heavy atom. The Morgan fingerprint density at radius 1 is 0.477 bits per heavy atom. The van der Waals surface area contributed by atoms with Crippen molar-refractivity contribution in [2.24, 2.45) is 0 Å². The molecule has 0 fully saturated rings. The first-order chi connectivity index (χ1) is 40.9. The predicted octanol–water partition coefficient (Wildman–Crippen LogP) is 17.9. The van der Waals surface area contributed by atoms with Crippen LogP contribution in [0.4, 0.5) is 22.7 Å². The van der Waals surface area contributed by atoms with E-state index in [2.05, 4.69) is 321 Å². The van der Waals surface area contributed by atoms with E-state index in [4.69, 9.17) is 9.72 Å². The van der Waals surface area contributed by atoms with Crippen LogP contribution in [0.3, 0.4) is 0 Å². The van der Waals surface area contributed by atoms with Crippen molar-refractivity contribution in [2.45, 2.75) is 85.5 Å². The van der Waals surface area contributed by atoms with Crippen molar-refractivity contribution in [2.75, 3.05) is 9.80 Å². The first-order valence-corrected chi connectivity index (χ1v) is 31.8. The summed E-state index contributed by atoms with van der Waals surface area (Å²) in [6.07, 6.45) is 1.95. The van der Waals surface area contributed by atoms with Crippen LogP contribution >= 0.6 is 0 Å². The van der Waals surface area contributed by atoms with Crippen molar-refractivity contribution >= 4 is 73.4 Å². The number of hydrogen-bond acceptors (Lipinski definition) is 4. The van der Waals surface area contributed by atoms with Crippen LogP contribution in [0.2, 0.25) is 0 Å². The van der Waals surface area contributed by atoms with Crippen LogP contribution in [0.1, 0.15) is 84.6 Å². The van der Waals surface area contributed by atoms with Crippen molar-refractivity contribution in [3.05, 3.63) is 272 Å². The Balaban J connectivity index is 0.00000686. The molecule has 0 radical (unpaired) electrons. The second-order valence-electron chi connectivity index (χ2n) is 26.2. The van der Waals surface area contributed by atoms with Gasteiger partial charge in [0.05, 0.1) is 0 Å². The zero-order chi connectivity index (χ0) is 58.6. The summed E-state index contributed by atoms with van der Waals surface area (Å²) in [6.45, 7) is 25.1. The largest absolute Gasteiger partial charge is 0.509 e. The van der Waals surface area contributed by atoms with Crippen LogP contribution in [0, 0.1) is 25.7 Å². The molecule has 0 atom stereocenters. The molecule has 428 valence electrons. The van der Waals surface area contributed by atoms with Crippen molar-refractivity contribution in [1.82, 2.24) is 9.55 Å². The molecule has 2 aromatic heterocycles. The van der Waals surface area contributed by atoms with E-state index >= 15 is 0 Å². The number of nitrogens with zero attached hydrogens (tertiary/aromatic N) is 4. The number of pyridine rings is 1. The van der Waals surface area contributed by atoms with Gasteiger partial charge in [-0.2, -0.15) is 12.1 Å². The Hall–Kier alpha value is -8.54. The summed E-state index contributed by atoms with van der Waals surface area (Å²) in [5.74, 6) is 2.01. The normalized spacial score (nSPS) is 13.6. The zero-order valence-corrected chi connectivity index (χ0v) is 53.8. The van der Waals surface area contributed by atoms with Crippen LogP contribution in [-0.4, -0.2) is 17.6 Å². The smallest absolute Gasteiger partial charge is 0.180 e. The van der Waals surface area contributed by atoms with Gasteiger partial charge in [0, 0.05) is 72.5 Å². The van der Waals surface area contributed by atoms with E-state index in [1.807, 2.05) is 12.3 Å². The maximum atomic E-state index is 7.01. The molecule has 12 aromatic rings. The van der Waals surface area contributed by atoms with E-state index in [-0.39, 0.29) is 37.3 Å². The molecule has 14 rings (SSSR count). The number of rotatable bonds is 9. The Bertz CT molecular complexity index is 4500. The molecule has 0 N–H and O–H groups in total. The van der Waals surface area contributed by atoms with Crippen LogP contribution in [0.25, 0.3) is 61.0 Å². The number of anilines is 4. The topological polar surface area (TPSA) is 33.5 Å². The van der Waals surface area contributed by atoms with Gasteiger partial charge in [-0.25, -0.2) is 4.98 Å². The Kier molecular flexibility index (Phi) is 14.1. The maximum Gasteiger partial charge on any atom is 0.180 e. The van der Waals surface area contributed by atoms with Gasteiger partial charge in [0.25, 0.3) is 0 Å². The first kappa shape index (κ1) is 56.6. The third-order valence-electron chi connectivity index (χ3n) is 17.5. The average molecular weight is 1310 g/mol. The van der Waals surface area contributed by atoms with Gasteiger partial charge < -0.3 is 19.1 Å². The third-order valence-corrected chi connectivity index (χ3v) is 22.4. The molecule has 0 spiro atoms. The quantitative estimate of drug-likeness (QED) is 0.107. The van der Waals surface area contributed by atoms with E-state index in [9.17, 15) is 0 Å². The SMILES string of the molecule is Cc1ccc2c(c1)N(c1[c-]c(Oc3[c-]c4c(cc3)c3c5c(ccc3n4-c3cc(C(C)(C)C)ccn3)[Si](c3ccccc3)(c3ccccc3)c3ccccc3-5)ccc1)[CH-]N2c1c(-c2ccccc2)cccc1-c1cc(C(C)(C)C)cc(C(C)(C)C)c1.[Pt]. The monoisotopic (exact) mass is 1310 g/mol. The number of benzene rings is 10. The van der Waals surface area contributed by atoms with E-state index < -0.39 is 8.07 Å². The van der Waals surface area contributed by atoms with Crippen LogP contribution in [0.5, 0.6) is 11.5 Å². The van der Waals surface area contributed by atoms with Crippen molar-refractivity contribution < 1.29 is 25.8 Å². The molecule has 0 aliphatic carbocycles. The molecule has 0 saturated heterocycles. The van der Waals surface area contributed by atoms with Crippen LogP contribution in [-0.2, 0) is 37.3 Å². The molecule has 0 saturated carbocycles. The van der Waals surface area contributed by atoms with E-state index in [1.165, 1.54) is 65.1 Å². The van der Waals surface area contributed by atoms with Gasteiger partial charge in [0.1, 0.15) is 5.82 Å². The first-order valence-electron chi connectivity index (χ1n) is 29.8. The van der Waals surface area contributed by atoms with E-state index in [1.54, 1.807) is 0 Å². The maximum absolute atomic E-state index is 7.01.